The molecule has 0 radical (unpaired) electrons. The fraction of sp³-hybridized carbons (Fsp3) is 0.444. The number of carboxylic acid groups (broad SMARTS) is 1. The van der Waals surface area contributed by atoms with Crippen LogP contribution in [0.4, 0.5) is 0 Å². The predicted octanol–water partition coefficient (Wildman–Crippen LogP) is 1.80. The Bertz CT molecular complexity index is 730. The second kappa shape index (κ2) is 6.03. The molecule has 6 nitrogen and oxygen atoms in total. The van der Waals surface area contributed by atoms with Crippen molar-refractivity contribution >= 4 is 5.97 Å². The standard InChI is InChI=1S/C18H21N3O3/c22-17(23)18-12-20(10-14(18)7-9-24-13-18)11-16-6-8-19-21(16)15-4-2-1-3-5-15/h1-6,8,14H,7,9-13H2,(H,22,23)/t14-,18+/m0/s1. The molecule has 2 saturated heterocycles. The van der Waals surface area contributed by atoms with E-state index in [2.05, 4.69) is 10.00 Å². The molecule has 2 atom stereocenters. The van der Waals surface area contributed by atoms with E-state index in [4.69, 9.17) is 4.74 Å². The van der Waals surface area contributed by atoms with Crippen LogP contribution in [0.2, 0.25) is 0 Å². The van der Waals surface area contributed by atoms with E-state index in [9.17, 15) is 9.90 Å². The van der Waals surface area contributed by atoms with Crippen LogP contribution in [0.5, 0.6) is 0 Å². The number of hydrogen-bond donors (Lipinski definition) is 1. The van der Waals surface area contributed by atoms with Crippen molar-refractivity contribution in [2.45, 2.75) is 13.0 Å². The number of carboxylic acids is 1. The van der Waals surface area contributed by atoms with Crippen LogP contribution in [0.3, 0.4) is 0 Å². The molecule has 0 amide bonds. The van der Waals surface area contributed by atoms with E-state index in [-0.39, 0.29) is 5.92 Å². The van der Waals surface area contributed by atoms with Crippen LogP contribution in [-0.4, -0.2) is 52.1 Å². The zero-order chi connectivity index (χ0) is 16.6. The summed E-state index contributed by atoms with van der Waals surface area (Å²) < 4.78 is 7.42. The third kappa shape index (κ3) is 2.52. The van der Waals surface area contributed by atoms with Crippen molar-refractivity contribution in [1.82, 2.24) is 14.7 Å². The lowest BCUT2D eigenvalue weighted by molar-refractivity contribution is -0.159. The third-order valence-corrected chi connectivity index (χ3v) is 5.27. The lowest BCUT2D eigenvalue weighted by Crippen LogP contribution is -2.46. The Labute approximate surface area is 140 Å². The Hall–Kier alpha value is -2.18. The highest BCUT2D eigenvalue weighted by molar-refractivity contribution is 5.76. The van der Waals surface area contributed by atoms with Gasteiger partial charge in [0.2, 0.25) is 0 Å². The highest BCUT2D eigenvalue weighted by atomic mass is 16.5. The number of benzene rings is 1. The molecular formula is C18H21N3O3. The van der Waals surface area contributed by atoms with Gasteiger partial charge in [-0.05, 0) is 30.5 Å². The lowest BCUT2D eigenvalue weighted by atomic mass is 9.76. The number of aliphatic carboxylic acids is 1. The molecule has 1 N–H and O–H groups in total. The zero-order valence-electron chi connectivity index (χ0n) is 13.5. The van der Waals surface area contributed by atoms with E-state index in [1.165, 1.54) is 0 Å². The van der Waals surface area contributed by atoms with Crippen LogP contribution in [0.15, 0.2) is 42.6 Å². The number of para-hydroxylation sites is 1. The number of ether oxygens (including phenoxy) is 1. The lowest BCUT2D eigenvalue weighted by Gasteiger charge is -2.34. The minimum absolute atomic E-state index is 0.164. The van der Waals surface area contributed by atoms with Gasteiger partial charge in [0, 0.05) is 32.4 Å². The van der Waals surface area contributed by atoms with Gasteiger partial charge in [0.15, 0.2) is 0 Å². The second-order valence-electron chi connectivity index (χ2n) is 6.74. The summed E-state index contributed by atoms with van der Waals surface area (Å²) in [6.45, 7) is 3.01. The average Bonchev–Trinajstić information content (AvgIpc) is 3.20. The molecule has 126 valence electrons. The normalized spacial score (nSPS) is 27.1. The van der Waals surface area contributed by atoms with Crippen LogP contribution < -0.4 is 0 Å². The average molecular weight is 327 g/mol. The molecular weight excluding hydrogens is 306 g/mol. The molecule has 1 aromatic carbocycles. The van der Waals surface area contributed by atoms with Crippen molar-refractivity contribution in [2.75, 3.05) is 26.3 Å². The first-order valence-electron chi connectivity index (χ1n) is 8.31. The van der Waals surface area contributed by atoms with Crippen LogP contribution in [0.25, 0.3) is 5.69 Å². The number of rotatable bonds is 4. The summed E-state index contributed by atoms with van der Waals surface area (Å²) in [5.74, 6) is -0.567. The van der Waals surface area contributed by atoms with E-state index in [0.29, 0.717) is 26.3 Å². The van der Waals surface area contributed by atoms with Gasteiger partial charge in [0.05, 0.1) is 18.0 Å². The Morgan fingerprint density at radius 2 is 2.17 bits per heavy atom. The van der Waals surface area contributed by atoms with Gasteiger partial charge in [-0.15, -0.1) is 0 Å². The summed E-state index contributed by atoms with van der Waals surface area (Å²) in [4.78, 5) is 14.1. The molecule has 1 aromatic heterocycles. The first kappa shape index (κ1) is 15.4. The molecule has 0 unspecified atom stereocenters. The Kier molecular flexibility index (Phi) is 3.86. The van der Waals surface area contributed by atoms with Gasteiger partial charge in [0.1, 0.15) is 5.41 Å². The summed E-state index contributed by atoms with van der Waals surface area (Å²) in [5, 5.41) is 14.2. The number of fused-ring (bicyclic) bond motifs is 1. The van der Waals surface area contributed by atoms with E-state index >= 15 is 0 Å². The topological polar surface area (TPSA) is 67.6 Å². The van der Waals surface area contributed by atoms with Gasteiger partial charge in [-0.25, -0.2) is 4.68 Å². The van der Waals surface area contributed by atoms with Gasteiger partial charge >= 0.3 is 5.97 Å². The number of aromatic nitrogens is 2. The Morgan fingerprint density at radius 3 is 2.92 bits per heavy atom. The quantitative estimate of drug-likeness (QED) is 0.927. The highest BCUT2D eigenvalue weighted by Crippen LogP contribution is 2.42. The van der Waals surface area contributed by atoms with Crippen molar-refractivity contribution in [3.8, 4) is 5.69 Å². The molecule has 0 aliphatic carbocycles. The molecule has 2 aliphatic rings. The molecule has 0 bridgehead atoms. The molecule has 2 fully saturated rings. The number of hydrogen-bond acceptors (Lipinski definition) is 4. The molecule has 4 rings (SSSR count). The van der Waals surface area contributed by atoms with Gasteiger partial charge in [0.25, 0.3) is 0 Å². The second-order valence-corrected chi connectivity index (χ2v) is 6.74. The summed E-state index contributed by atoms with van der Waals surface area (Å²) >= 11 is 0. The summed E-state index contributed by atoms with van der Waals surface area (Å²) in [6.07, 6.45) is 2.61. The third-order valence-electron chi connectivity index (χ3n) is 5.27. The summed E-state index contributed by atoms with van der Waals surface area (Å²) in [5.41, 5.74) is 1.34. The first-order chi connectivity index (χ1) is 11.7. The number of carbonyl (C=O) groups is 1. The van der Waals surface area contributed by atoms with Crippen molar-refractivity contribution in [2.24, 2.45) is 11.3 Å². The summed E-state index contributed by atoms with van der Waals surface area (Å²) in [6, 6.07) is 12.0. The van der Waals surface area contributed by atoms with Crippen LogP contribution in [-0.2, 0) is 16.1 Å². The number of nitrogens with zero attached hydrogens (tertiary/aromatic N) is 3. The molecule has 24 heavy (non-hydrogen) atoms. The Morgan fingerprint density at radius 1 is 1.33 bits per heavy atom. The molecule has 0 spiro atoms. The van der Waals surface area contributed by atoms with Gasteiger partial charge in [-0.3, -0.25) is 9.69 Å². The first-order valence-corrected chi connectivity index (χ1v) is 8.31. The number of likely N-dealkylation sites (tertiary alicyclic amines) is 1. The Balaban J connectivity index is 1.55. The molecule has 2 aromatic rings. The van der Waals surface area contributed by atoms with Crippen LogP contribution in [0.1, 0.15) is 12.1 Å². The maximum atomic E-state index is 11.9. The zero-order valence-corrected chi connectivity index (χ0v) is 13.5. The molecule has 3 heterocycles. The van der Waals surface area contributed by atoms with Crippen molar-refractivity contribution < 1.29 is 14.6 Å². The molecule has 2 aliphatic heterocycles. The largest absolute Gasteiger partial charge is 0.481 e. The fourth-order valence-electron chi connectivity index (χ4n) is 4.00. The van der Waals surface area contributed by atoms with Gasteiger partial charge < -0.3 is 9.84 Å². The summed E-state index contributed by atoms with van der Waals surface area (Å²) in [7, 11) is 0. The van der Waals surface area contributed by atoms with Crippen LogP contribution >= 0.6 is 0 Å². The van der Waals surface area contributed by atoms with Crippen LogP contribution in [0, 0.1) is 11.3 Å². The van der Waals surface area contributed by atoms with E-state index in [1.807, 2.05) is 41.1 Å². The smallest absolute Gasteiger partial charge is 0.313 e. The molecule has 0 saturated carbocycles. The highest BCUT2D eigenvalue weighted by Gasteiger charge is 2.54. The maximum Gasteiger partial charge on any atom is 0.313 e. The van der Waals surface area contributed by atoms with E-state index in [1.54, 1.807) is 6.20 Å². The van der Waals surface area contributed by atoms with Crippen molar-refractivity contribution in [3.05, 3.63) is 48.3 Å². The van der Waals surface area contributed by atoms with E-state index in [0.717, 1.165) is 24.3 Å². The SMILES string of the molecule is O=C(O)[C@]12COCC[C@H]1CN(Cc1ccnn1-c1ccccc1)C2. The minimum Gasteiger partial charge on any atom is -0.481 e. The monoisotopic (exact) mass is 327 g/mol. The molecule has 6 heteroatoms. The van der Waals surface area contributed by atoms with Gasteiger partial charge in [-0.1, -0.05) is 18.2 Å². The van der Waals surface area contributed by atoms with Crippen molar-refractivity contribution in [3.63, 3.8) is 0 Å². The van der Waals surface area contributed by atoms with Gasteiger partial charge in [-0.2, -0.15) is 5.10 Å². The predicted molar refractivity (Wildman–Crippen MR) is 87.8 cm³/mol. The minimum atomic E-state index is -0.754. The maximum absolute atomic E-state index is 11.9. The van der Waals surface area contributed by atoms with Crippen molar-refractivity contribution in [1.29, 1.82) is 0 Å². The fourth-order valence-corrected chi connectivity index (χ4v) is 4.00. The van der Waals surface area contributed by atoms with E-state index < -0.39 is 11.4 Å².